The molecule has 0 amide bonds. The molecule has 0 fully saturated rings. The number of hydrogen-bond donors (Lipinski definition) is 1. The molecule has 1 aromatic rings. The van der Waals surface area contributed by atoms with Gasteiger partial charge in [-0.2, -0.15) is 9.65 Å². The predicted molar refractivity (Wildman–Crippen MR) is 29.5 cm³/mol. The Labute approximate surface area is 55.0 Å². The molecule has 10 heavy (non-hydrogen) atoms. The second-order valence-corrected chi connectivity index (χ2v) is 1.51. The van der Waals surface area contributed by atoms with E-state index in [2.05, 4.69) is 4.98 Å². The van der Waals surface area contributed by atoms with Crippen molar-refractivity contribution in [3.05, 3.63) is 28.2 Å². The zero-order valence-electron chi connectivity index (χ0n) is 4.76. The van der Waals surface area contributed by atoms with E-state index in [0.717, 1.165) is 6.33 Å². The lowest BCUT2D eigenvalue weighted by molar-refractivity contribution is 0.595. The summed E-state index contributed by atoms with van der Waals surface area (Å²) in [6.45, 7) is 0. The molecule has 5 heteroatoms. The molecule has 0 saturated carbocycles. The fourth-order valence-corrected chi connectivity index (χ4v) is 0.461. The van der Waals surface area contributed by atoms with Crippen LogP contribution in [0.15, 0.2) is 11.1 Å². The molecule has 0 radical (unpaired) electrons. The average Bonchev–Trinajstić information content (AvgIpc) is 1.95. The summed E-state index contributed by atoms with van der Waals surface area (Å²) in [5.74, 6) is -1.13. The van der Waals surface area contributed by atoms with Gasteiger partial charge in [-0.15, -0.1) is 0 Å². The number of aromatic nitrogens is 2. The Hall–Kier alpha value is -1.70. The largest absolute Gasteiger partial charge is 0.311 e. The first-order valence-corrected chi connectivity index (χ1v) is 2.39. The molecule has 0 aliphatic carbocycles. The van der Waals surface area contributed by atoms with Gasteiger partial charge in [-0.05, 0) is 0 Å². The molecule has 1 aromatic heterocycles. The third kappa shape index (κ3) is 0.865. The first kappa shape index (κ1) is 6.42. The topological polar surface area (TPSA) is 69.5 Å². The summed E-state index contributed by atoms with van der Waals surface area (Å²) < 4.78 is 12.4. The molecule has 0 bridgehead atoms. The molecule has 0 unspecified atom stereocenters. The first-order valence-electron chi connectivity index (χ1n) is 2.39. The Morgan fingerprint density at radius 3 is 3.00 bits per heavy atom. The van der Waals surface area contributed by atoms with Crippen LogP contribution in [0, 0.1) is 17.1 Å². The highest BCUT2D eigenvalue weighted by Crippen LogP contribution is 1.90. The van der Waals surface area contributed by atoms with Crippen molar-refractivity contribution in [1.29, 1.82) is 5.26 Å². The van der Waals surface area contributed by atoms with Gasteiger partial charge in [0.25, 0.3) is 5.56 Å². The summed E-state index contributed by atoms with van der Waals surface area (Å²) in [6.07, 6.45) is 0.976. The number of nitriles is 1. The molecular formula is C5H2FN3O. The molecule has 0 aromatic carbocycles. The van der Waals surface area contributed by atoms with E-state index in [9.17, 15) is 9.18 Å². The Morgan fingerprint density at radius 1 is 1.80 bits per heavy atom. The zero-order valence-corrected chi connectivity index (χ0v) is 4.76. The van der Waals surface area contributed by atoms with E-state index in [0.29, 0.717) is 0 Å². The Kier molecular flexibility index (Phi) is 1.46. The number of aromatic amines is 1. The minimum Gasteiger partial charge on any atom is -0.311 e. The maximum atomic E-state index is 12.4. The van der Waals surface area contributed by atoms with Crippen molar-refractivity contribution in [1.82, 2.24) is 9.97 Å². The smallest absolute Gasteiger partial charge is 0.288 e. The van der Waals surface area contributed by atoms with Crippen LogP contribution >= 0.6 is 0 Å². The van der Waals surface area contributed by atoms with Gasteiger partial charge in [0.05, 0.1) is 6.33 Å². The molecule has 0 saturated heterocycles. The van der Waals surface area contributed by atoms with E-state index in [-0.39, 0.29) is 0 Å². The van der Waals surface area contributed by atoms with Gasteiger partial charge in [0.2, 0.25) is 5.82 Å². The summed E-state index contributed by atoms with van der Waals surface area (Å²) in [5.41, 5.74) is -1.41. The Morgan fingerprint density at radius 2 is 2.50 bits per heavy atom. The normalized spacial score (nSPS) is 8.80. The van der Waals surface area contributed by atoms with Gasteiger partial charge in [-0.1, -0.05) is 0 Å². The molecule has 4 nitrogen and oxygen atoms in total. The Bertz CT molecular complexity index is 337. The third-order valence-corrected chi connectivity index (χ3v) is 0.902. The van der Waals surface area contributed by atoms with Gasteiger partial charge in [-0.25, -0.2) is 4.98 Å². The average molecular weight is 139 g/mol. The minimum absolute atomic E-state index is 0.483. The summed E-state index contributed by atoms with van der Waals surface area (Å²) in [5, 5.41) is 8.14. The molecule has 0 atom stereocenters. The zero-order chi connectivity index (χ0) is 7.56. The quantitative estimate of drug-likeness (QED) is 0.540. The summed E-state index contributed by atoms with van der Waals surface area (Å²) in [7, 11) is 0. The fourth-order valence-electron chi connectivity index (χ4n) is 0.461. The maximum Gasteiger partial charge on any atom is 0.288 e. The van der Waals surface area contributed by atoms with E-state index in [1.54, 1.807) is 0 Å². The van der Waals surface area contributed by atoms with Crippen molar-refractivity contribution >= 4 is 0 Å². The molecule has 0 aliphatic heterocycles. The van der Waals surface area contributed by atoms with Crippen molar-refractivity contribution < 1.29 is 4.39 Å². The maximum absolute atomic E-state index is 12.4. The third-order valence-electron chi connectivity index (χ3n) is 0.902. The van der Waals surface area contributed by atoms with Crippen molar-refractivity contribution in [2.45, 2.75) is 0 Å². The van der Waals surface area contributed by atoms with Crippen LogP contribution in [0.5, 0.6) is 0 Å². The van der Waals surface area contributed by atoms with Gasteiger partial charge >= 0.3 is 0 Å². The van der Waals surface area contributed by atoms with Gasteiger partial charge in [0, 0.05) is 0 Å². The van der Waals surface area contributed by atoms with E-state index >= 15 is 0 Å². The van der Waals surface area contributed by atoms with Crippen LogP contribution in [0.3, 0.4) is 0 Å². The number of halogens is 1. The highest BCUT2D eigenvalue weighted by atomic mass is 19.1. The van der Waals surface area contributed by atoms with Crippen LogP contribution in [0.1, 0.15) is 5.69 Å². The highest BCUT2D eigenvalue weighted by molar-refractivity contribution is 5.18. The van der Waals surface area contributed by atoms with E-state index in [4.69, 9.17) is 5.26 Å². The van der Waals surface area contributed by atoms with Crippen LogP contribution in [0.4, 0.5) is 4.39 Å². The van der Waals surface area contributed by atoms with Gasteiger partial charge in [0.15, 0.2) is 5.69 Å². The van der Waals surface area contributed by atoms with Crippen molar-refractivity contribution in [3.8, 4) is 6.07 Å². The number of rotatable bonds is 0. The lowest BCUT2D eigenvalue weighted by atomic mass is 10.4. The van der Waals surface area contributed by atoms with Crippen LogP contribution in [-0.2, 0) is 0 Å². The van der Waals surface area contributed by atoms with Crippen molar-refractivity contribution in [3.63, 3.8) is 0 Å². The van der Waals surface area contributed by atoms with E-state index in [1.807, 2.05) is 4.98 Å². The fraction of sp³-hybridized carbons (Fsp3) is 0. The summed E-state index contributed by atoms with van der Waals surface area (Å²) in [6, 6.07) is 1.43. The SMILES string of the molecule is N#Cc1nc[nH]c(=O)c1F. The van der Waals surface area contributed by atoms with Crippen LogP contribution in [0.2, 0.25) is 0 Å². The summed E-state index contributed by atoms with van der Waals surface area (Å²) >= 11 is 0. The van der Waals surface area contributed by atoms with Gasteiger partial charge in [-0.3, -0.25) is 4.79 Å². The van der Waals surface area contributed by atoms with Crippen molar-refractivity contribution in [2.24, 2.45) is 0 Å². The number of H-pyrrole nitrogens is 1. The second-order valence-electron chi connectivity index (χ2n) is 1.51. The molecular weight excluding hydrogens is 137 g/mol. The highest BCUT2D eigenvalue weighted by Gasteiger charge is 2.04. The number of nitrogens with one attached hydrogen (secondary N) is 1. The lowest BCUT2D eigenvalue weighted by Gasteiger charge is -1.86. The number of nitrogens with zero attached hydrogens (tertiary/aromatic N) is 2. The first-order chi connectivity index (χ1) is 4.75. The monoisotopic (exact) mass is 139 g/mol. The van der Waals surface area contributed by atoms with Crippen LogP contribution in [0.25, 0.3) is 0 Å². The standard InChI is InChI=1S/C5H2FN3O/c6-4-3(1-7)8-2-9-5(4)10/h2H,(H,8,9,10). The van der Waals surface area contributed by atoms with E-state index < -0.39 is 17.1 Å². The van der Waals surface area contributed by atoms with E-state index in [1.165, 1.54) is 6.07 Å². The molecule has 50 valence electrons. The lowest BCUT2D eigenvalue weighted by Crippen LogP contribution is -2.12. The number of hydrogen-bond acceptors (Lipinski definition) is 3. The Balaban J connectivity index is 3.46. The second kappa shape index (κ2) is 2.27. The van der Waals surface area contributed by atoms with Crippen LogP contribution < -0.4 is 5.56 Å². The van der Waals surface area contributed by atoms with Crippen molar-refractivity contribution in [2.75, 3.05) is 0 Å². The predicted octanol–water partition coefficient (Wildman–Crippen LogP) is -0.219. The molecule has 1 N–H and O–H groups in total. The van der Waals surface area contributed by atoms with Gasteiger partial charge in [0.1, 0.15) is 6.07 Å². The minimum atomic E-state index is -1.13. The summed E-state index contributed by atoms with van der Waals surface area (Å²) in [4.78, 5) is 15.6. The molecule has 1 rings (SSSR count). The molecule has 0 spiro atoms. The molecule has 0 aliphatic rings. The van der Waals surface area contributed by atoms with Gasteiger partial charge < -0.3 is 4.98 Å². The van der Waals surface area contributed by atoms with Crippen LogP contribution in [-0.4, -0.2) is 9.97 Å². The molecule has 1 heterocycles.